The van der Waals surface area contributed by atoms with E-state index < -0.39 is 0 Å². The molecule has 0 aromatic carbocycles. The molecule has 0 unspecified atom stereocenters. The Balaban J connectivity index is 2.10. The lowest BCUT2D eigenvalue weighted by Gasteiger charge is -2.21. The molecule has 0 atom stereocenters. The van der Waals surface area contributed by atoms with Gasteiger partial charge in [0, 0.05) is 12.5 Å². The first-order chi connectivity index (χ1) is 8.33. The van der Waals surface area contributed by atoms with Gasteiger partial charge in [-0.05, 0) is 19.3 Å². The average molecular weight is 239 g/mol. The summed E-state index contributed by atoms with van der Waals surface area (Å²) in [7, 11) is 0. The Hall–Kier alpha value is -0.530. The minimum Gasteiger partial charge on any atom is -0.353 e. The Bertz CT molecular complexity index is 195. The van der Waals surface area contributed by atoms with Crippen LogP contribution in [0.25, 0.3) is 0 Å². The summed E-state index contributed by atoms with van der Waals surface area (Å²) in [6, 6.07) is 0.467. The molecule has 2 heteroatoms. The summed E-state index contributed by atoms with van der Waals surface area (Å²) in [5, 5.41) is 3.22. The predicted molar refractivity (Wildman–Crippen MR) is 73.0 cm³/mol. The summed E-state index contributed by atoms with van der Waals surface area (Å²) in [5.41, 5.74) is 0. The van der Waals surface area contributed by atoms with E-state index in [0.29, 0.717) is 6.04 Å². The van der Waals surface area contributed by atoms with Crippen molar-refractivity contribution in [2.24, 2.45) is 0 Å². The molecule has 0 radical (unpaired) electrons. The molecule has 17 heavy (non-hydrogen) atoms. The van der Waals surface area contributed by atoms with Crippen LogP contribution in [0.4, 0.5) is 0 Å². The first-order valence-electron chi connectivity index (χ1n) is 7.62. The average Bonchev–Trinajstić information content (AvgIpc) is 2.28. The van der Waals surface area contributed by atoms with Gasteiger partial charge in [-0.15, -0.1) is 0 Å². The zero-order chi connectivity index (χ0) is 12.3. The summed E-state index contributed by atoms with van der Waals surface area (Å²) in [6.45, 7) is 2.20. The second-order valence-corrected chi connectivity index (χ2v) is 5.42. The summed E-state index contributed by atoms with van der Waals surface area (Å²) >= 11 is 0. The van der Waals surface area contributed by atoms with E-state index in [9.17, 15) is 4.79 Å². The molecule has 0 aliphatic heterocycles. The van der Waals surface area contributed by atoms with Gasteiger partial charge in [-0.1, -0.05) is 58.3 Å². The highest BCUT2D eigenvalue weighted by atomic mass is 16.1. The highest BCUT2D eigenvalue weighted by molar-refractivity contribution is 5.76. The van der Waals surface area contributed by atoms with Crippen molar-refractivity contribution in [3.05, 3.63) is 0 Å². The lowest BCUT2D eigenvalue weighted by molar-refractivity contribution is -0.122. The fourth-order valence-electron chi connectivity index (χ4n) is 2.61. The van der Waals surface area contributed by atoms with Gasteiger partial charge >= 0.3 is 0 Å². The van der Waals surface area contributed by atoms with Gasteiger partial charge in [0.25, 0.3) is 0 Å². The van der Waals surface area contributed by atoms with E-state index in [1.807, 2.05) is 0 Å². The highest BCUT2D eigenvalue weighted by Gasteiger charge is 2.13. The fourth-order valence-corrected chi connectivity index (χ4v) is 2.61. The number of nitrogens with one attached hydrogen (secondary N) is 1. The third kappa shape index (κ3) is 7.40. The fraction of sp³-hybridized carbons (Fsp3) is 0.933. The maximum atomic E-state index is 11.8. The van der Waals surface area contributed by atoms with Crippen LogP contribution in [0.1, 0.15) is 84.0 Å². The molecule has 1 amide bonds. The van der Waals surface area contributed by atoms with Crippen molar-refractivity contribution in [1.29, 1.82) is 0 Å². The molecule has 2 nitrogen and oxygen atoms in total. The van der Waals surface area contributed by atoms with Crippen LogP contribution in [0.2, 0.25) is 0 Å². The minimum atomic E-state index is 0.284. The molecule has 1 aliphatic carbocycles. The largest absolute Gasteiger partial charge is 0.353 e. The van der Waals surface area contributed by atoms with Crippen LogP contribution < -0.4 is 5.32 Å². The molecule has 1 saturated carbocycles. The molecule has 0 heterocycles. The van der Waals surface area contributed by atoms with E-state index in [2.05, 4.69) is 12.2 Å². The third-order valence-corrected chi connectivity index (χ3v) is 3.73. The van der Waals surface area contributed by atoms with Gasteiger partial charge < -0.3 is 5.32 Å². The predicted octanol–water partition coefficient (Wildman–Crippen LogP) is 4.19. The number of amides is 1. The van der Waals surface area contributed by atoms with E-state index in [1.54, 1.807) is 0 Å². The summed E-state index contributed by atoms with van der Waals surface area (Å²) < 4.78 is 0. The molecule has 100 valence electrons. The molecule has 1 rings (SSSR count). The maximum absolute atomic E-state index is 11.8. The molecule has 1 N–H and O–H groups in total. The van der Waals surface area contributed by atoms with E-state index in [-0.39, 0.29) is 5.91 Å². The standard InChI is InChI=1S/C15H29NO/c1-2-3-4-10-13-15(17)16-14-11-8-6-5-7-9-12-14/h14H,2-13H2,1H3,(H,16,17). The van der Waals surface area contributed by atoms with Crippen LogP contribution in [-0.4, -0.2) is 11.9 Å². The van der Waals surface area contributed by atoms with Crippen molar-refractivity contribution in [3.63, 3.8) is 0 Å². The Morgan fingerprint density at radius 1 is 1.00 bits per heavy atom. The number of rotatable bonds is 6. The zero-order valence-electron chi connectivity index (χ0n) is 11.5. The quantitative estimate of drug-likeness (QED) is 0.692. The second-order valence-electron chi connectivity index (χ2n) is 5.42. The lowest BCUT2D eigenvalue weighted by Crippen LogP contribution is -2.35. The van der Waals surface area contributed by atoms with E-state index in [0.717, 1.165) is 12.8 Å². The van der Waals surface area contributed by atoms with Crippen molar-refractivity contribution >= 4 is 5.91 Å². The van der Waals surface area contributed by atoms with Crippen LogP contribution in [0, 0.1) is 0 Å². The molecule has 0 aromatic heterocycles. The Morgan fingerprint density at radius 2 is 1.65 bits per heavy atom. The Morgan fingerprint density at radius 3 is 2.29 bits per heavy atom. The third-order valence-electron chi connectivity index (χ3n) is 3.73. The minimum absolute atomic E-state index is 0.284. The Labute approximate surface area is 107 Å². The number of hydrogen-bond donors (Lipinski definition) is 1. The van der Waals surface area contributed by atoms with E-state index in [4.69, 9.17) is 0 Å². The van der Waals surface area contributed by atoms with Crippen molar-refractivity contribution in [1.82, 2.24) is 5.32 Å². The van der Waals surface area contributed by atoms with Crippen LogP contribution >= 0.6 is 0 Å². The summed E-state index contributed by atoms with van der Waals surface area (Å²) in [5.74, 6) is 0.284. The topological polar surface area (TPSA) is 29.1 Å². The number of carbonyl (C=O) groups is 1. The first kappa shape index (κ1) is 14.5. The van der Waals surface area contributed by atoms with Crippen molar-refractivity contribution < 1.29 is 4.79 Å². The summed E-state index contributed by atoms with van der Waals surface area (Å²) in [6.07, 6.45) is 14.6. The normalized spacial score (nSPS) is 18.4. The summed E-state index contributed by atoms with van der Waals surface area (Å²) in [4.78, 5) is 11.8. The van der Waals surface area contributed by atoms with E-state index >= 15 is 0 Å². The highest BCUT2D eigenvalue weighted by Crippen LogP contribution is 2.17. The number of unbranched alkanes of at least 4 members (excludes halogenated alkanes) is 3. The lowest BCUT2D eigenvalue weighted by atomic mass is 9.96. The SMILES string of the molecule is CCCCCCC(=O)NC1CCCCCCC1. The van der Waals surface area contributed by atoms with Crippen LogP contribution in [0.15, 0.2) is 0 Å². The molecule has 0 bridgehead atoms. The Kier molecular flexibility index (Phi) is 8.12. The molecule has 1 fully saturated rings. The number of hydrogen-bond acceptors (Lipinski definition) is 1. The van der Waals surface area contributed by atoms with Gasteiger partial charge in [0.15, 0.2) is 0 Å². The van der Waals surface area contributed by atoms with Gasteiger partial charge in [-0.2, -0.15) is 0 Å². The smallest absolute Gasteiger partial charge is 0.220 e. The van der Waals surface area contributed by atoms with Gasteiger partial charge in [0.05, 0.1) is 0 Å². The maximum Gasteiger partial charge on any atom is 0.220 e. The molecule has 0 spiro atoms. The number of carbonyl (C=O) groups excluding carboxylic acids is 1. The van der Waals surface area contributed by atoms with Crippen LogP contribution in [0.3, 0.4) is 0 Å². The molecule has 1 aliphatic rings. The van der Waals surface area contributed by atoms with E-state index in [1.165, 1.54) is 64.2 Å². The van der Waals surface area contributed by atoms with Crippen LogP contribution in [0.5, 0.6) is 0 Å². The van der Waals surface area contributed by atoms with Crippen LogP contribution in [-0.2, 0) is 4.79 Å². The van der Waals surface area contributed by atoms with Crippen molar-refractivity contribution in [3.8, 4) is 0 Å². The van der Waals surface area contributed by atoms with Gasteiger partial charge in [0.1, 0.15) is 0 Å². The molecule has 0 saturated heterocycles. The van der Waals surface area contributed by atoms with Crippen molar-refractivity contribution in [2.45, 2.75) is 90.0 Å². The van der Waals surface area contributed by atoms with Gasteiger partial charge in [0.2, 0.25) is 5.91 Å². The second kappa shape index (κ2) is 9.49. The zero-order valence-corrected chi connectivity index (χ0v) is 11.5. The first-order valence-corrected chi connectivity index (χ1v) is 7.62. The molecular formula is C15H29NO. The molecular weight excluding hydrogens is 210 g/mol. The van der Waals surface area contributed by atoms with Crippen molar-refractivity contribution in [2.75, 3.05) is 0 Å². The van der Waals surface area contributed by atoms with Gasteiger partial charge in [-0.25, -0.2) is 0 Å². The van der Waals surface area contributed by atoms with Gasteiger partial charge in [-0.3, -0.25) is 4.79 Å². The molecule has 0 aromatic rings. The monoisotopic (exact) mass is 239 g/mol.